The molecule has 1 N–H and O–H groups in total. The maximum Gasteiger partial charge on any atom is 0.329 e. The van der Waals surface area contributed by atoms with E-state index in [4.69, 9.17) is 9.47 Å². The molecular weight excluding hydrogens is 408 g/mol. The minimum atomic E-state index is -0.917. The second-order valence-corrected chi connectivity index (χ2v) is 7.75. The van der Waals surface area contributed by atoms with Gasteiger partial charge in [-0.3, -0.25) is 14.9 Å². The molecule has 162 valence electrons. The molecule has 0 radical (unpaired) electrons. The minimum Gasteiger partial charge on any atom is -0.494 e. The van der Waals surface area contributed by atoms with E-state index in [9.17, 15) is 4.79 Å². The molecule has 2 amide bonds. The zero-order valence-corrected chi connectivity index (χ0v) is 17.1. The number of aromatic amines is 1. The zero-order chi connectivity index (χ0) is 21.7. The fourth-order valence-electron chi connectivity index (χ4n) is 4.34. The number of ether oxygens (including phenoxy) is 2. The number of aromatic nitrogens is 3. The van der Waals surface area contributed by atoms with Crippen LogP contribution >= 0.6 is 0 Å². The van der Waals surface area contributed by atoms with Gasteiger partial charge in [0.25, 0.3) is 0 Å². The highest BCUT2D eigenvalue weighted by atomic mass is 19.1. The maximum atomic E-state index is 15.2. The summed E-state index contributed by atoms with van der Waals surface area (Å²) >= 11 is 0. The van der Waals surface area contributed by atoms with Crippen molar-refractivity contribution in [2.75, 3.05) is 30.1 Å². The number of aryl methyl sites for hydroxylation is 1. The van der Waals surface area contributed by atoms with E-state index in [0.29, 0.717) is 41.9 Å². The molecule has 8 nitrogen and oxygen atoms in total. The lowest BCUT2D eigenvalue weighted by molar-refractivity contribution is 0.0807. The van der Waals surface area contributed by atoms with Gasteiger partial charge in [0.15, 0.2) is 23.0 Å². The van der Waals surface area contributed by atoms with Gasteiger partial charge in [-0.15, -0.1) is 0 Å². The van der Waals surface area contributed by atoms with Crippen molar-refractivity contribution < 1.29 is 23.0 Å². The molecule has 0 unspecified atom stereocenters. The summed E-state index contributed by atoms with van der Waals surface area (Å²) in [4.78, 5) is 20.8. The molecule has 0 spiro atoms. The topological polar surface area (TPSA) is 83.6 Å². The Bertz CT molecular complexity index is 1180. The molecular formula is C21H21F2N5O3. The van der Waals surface area contributed by atoms with Crippen molar-refractivity contribution in [2.24, 2.45) is 0 Å². The van der Waals surface area contributed by atoms with Gasteiger partial charge in [0.05, 0.1) is 43.6 Å². The van der Waals surface area contributed by atoms with Crippen LogP contribution in [0.2, 0.25) is 0 Å². The Balaban J connectivity index is 1.71. The number of nitrogens with zero attached hydrogens (tertiary/aromatic N) is 4. The standard InChI is InChI=1S/C21H21F2N5O3/c1-11-6-15(30-2)17(23)19(16(11)22)27-9-12-7-24-20-14(8-25-26-20)18(12)28(21(27)29)13-4-3-5-31-10-13/h6-8,13H,3-5,9-10H2,1-2H3,(H,24,25,26)/t13-/m0/s1. The van der Waals surface area contributed by atoms with E-state index < -0.39 is 23.4 Å². The summed E-state index contributed by atoms with van der Waals surface area (Å²) < 4.78 is 41.0. The summed E-state index contributed by atoms with van der Waals surface area (Å²) in [6.45, 7) is 2.42. The molecule has 2 aromatic heterocycles. The van der Waals surface area contributed by atoms with Gasteiger partial charge in [0.2, 0.25) is 0 Å². The van der Waals surface area contributed by atoms with Crippen LogP contribution in [-0.4, -0.2) is 47.6 Å². The molecule has 1 atom stereocenters. The molecule has 1 aromatic carbocycles. The lowest BCUT2D eigenvalue weighted by Gasteiger charge is -2.42. The molecule has 0 bridgehead atoms. The van der Waals surface area contributed by atoms with Crippen molar-refractivity contribution in [3.63, 3.8) is 0 Å². The van der Waals surface area contributed by atoms with Crippen molar-refractivity contribution >= 4 is 28.4 Å². The van der Waals surface area contributed by atoms with Crippen LogP contribution in [0.15, 0.2) is 18.5 Å². The van der Waals surface area contributed by atoms with Crippen molar-refractivity contribution in [3.8, 4) is 5.75 Å². The number of hydrogen-bond donors (Lipinski definition) is 1. The SMILES string of the molecule is COc1cc(C)c(F)c(N2Cc3cnc4[nH]ncc4c3N([C@H]3CCCOC3)C2=O)c1F. The Kier molecular flexibility index (Phi) is 4.73. The first-order valence-electron chi connectivity index (χ1n) is 10.0. The fourth-order valence-corrected chi connectivity index (χ4v) is 4.34. The van der Waals surface area contributed by atoms with Gasteiger partial charge in [0.1, 0.15) is 5.69 Å². The third-order valence-corrected chi connectivity index (χ3v) is 5.85. The van der Waals surface area contributed by atoms with Crippen molar-refractivity contribution in [1.82, 2.24) is 15.2 Å². The molecule has 10 heteroatoms. The van der Waals surface area contributed by atoms with Crippen LogP contribution in [0.3, 0.4) is 0 Å². The van der Waals surface area contributed by atoms with Gasteiger partial charge < -0.3 is 9.47 Å². The Morgan fingerprint density at radius 1 is 1.26 bits per heavy atom. The van der Waals surface area contributed by atoms with Gasteiger partial charge >= 0.3 is 6.03 Å². The molecule has 1 saturated heterocycles. The van der Waals surface area contributed by atoms with Crippen LogP contribution in [0.1, 0.15) is 24.0 Å². The molecule has 31 heavy (non-hydrogen) atoms. The van der Waals surface area contributed by atoms with E-state index in [2.05, 4.69) is 15.2 Å². The maximum absolute atomic E-state index is 15.2. The highest BCUT2D eigenvalue weighted by Crippen LogP contribution is 2.41. The number of hydrogen-bond acceptors (Lipinski definition) is 5. The summed E-state index contributed by atoms with van der Waals surface area (Å²) in [7, 11) is 1.30. The average molecular weight is 429 g/mol. The number of pyridine rings is 1. The summed E-state index contributed by atoms with van der Waals surface area (Å²) in [5, 5.41) is 7.54. The molecule has 3 aromatic rings. The van der Waals surface area contributed by atoms with Gasteiger partial charge in [-0.25, -0.2) is 18.6 Å². The number of carbonyl (C=O) groups is 1. The van der Waals surface area contributed by atoms with Crippen LogP contribution in [0.4, 0.5) is 25.0 Å². The highest BCUT2D eigenvalue weighted by Gasteiger charge is 2.40. The van der Waals surface area contributed by atoms with Gasteiger partial charge in [-0.1, -0.05) is 0 Å². The Morgan fingerprint density at radius 3 is 2.84 bits per heavy atom. The number of nitrogens with one attached hydrogen (secondary N) is 1. The van der Waals surface area contributed by atoms with Crippen molar-refractivity contribution in [2.45, 2.75) is 32.4 Å². The molecule has 5 rings (SSSR count). The fraction of sp³-hybridized carbons (Fsp3) is 0.381. The van der Waals surface area contributed by atoms with E-state index in [1.165, 1.54) is 20.1 Å². The predicted molar refractivity (Wildman–Crippen MR) is 109 cm³/mol. The van der Waals surface area contributed by atoms with Gasteiger partial charge in [-0.2, -0.15) is 5.10 Å². The summed E-state index contributed by atoms with van der Waals surface area (Å²) in [6.07, 6.45) is 4.71. The number of benzene rings is 1. The van der Waals surface area contributed by atoms with E-state index in [1.54, 1.807) is 17.3 Å². The second kappa shape index (κ2) is 7.45. The van der Waals surface area contributed by atoms with E-state index in [-0.39, 0.29) is 23.9 Å². The number of anilines is 2. The predicted octanol–water partition coefficient (Wildman–Crippen LogP) is 3.68. The lowest BCUT2D eigenvalue weighted by Crippen LogP contribution is -2.54. The average Bonchev–Trinajstić information content (AvgIpc) is 3.26. The Hall–Kier alpha value is -3.27. The van der Waals surface area contributed by atoms with E-state index in [0.717, 1.165) is 11.3 Å². The highest BCUT2D eigenvalue weighted by molar-refractivity contribution is 6.11. The Morgan fingerprint density at radius 2 is 2.10 bits per heavy atom. The molecule has 0 saturated carbocycles. The van der Waals surface area contributed by atoms with Crippen molar-refractivity contribution in [3.05, 3.63) is 41.2 Å². The number of H-pyrrole nitrogens is 1. The molecule has 0 aliphatic carbocycles. The second-order valence-electron chi connectivity index (χ2n) is 7.75. The molecule has 1 fully saturated rings. The van der Waals surface area contributed by atoms with E-state index in [1.807, 2.05) is 0 Å². The van der Waals surface area contributed by atoms with Gasteiger partial charge in [-0.05, 0) is 31.4 Å². The summed E-state index contributed by atoms with van der Waals surface area (Å²) in [5.41, 5.74) is 1.61. The van der Waals surface area contributed by atoms with Gasteiger partial charge in [0, 0.05) is 18.4 Å². The summed E-state index contributed by atoms with van der Waals surface area (Å²) in [6, 6.07) is 0.475. The van der Waals surface area contributed by atoms with Crippen LogP contribution in [-0.2, 0) is 11.3 Å². The number of methoxy groups -OCH3 is 1. The zero-order valence-electron chi connectivity index (χ0n) is 17.1. The lowest BCUT2D eigenvalue weighted by atomic mass is 10.0. The third-order valence-electron chi connectivity index (χ3n) is 5.85. The quantitative estimate of drug-likeness (QED) is 0.687. The van der Waals surface area contributed by atoms with Crippen LogP contribution < -0.4 is 14.5 Å². The first-order chi connectivity index (χ1) is 15.0. The number of carbonyl (C=O) groups excluding carboxylic acids is 1. The molecule has 4 heterocycles. The first kappa shape index (κ1) is 19.7. The molecule has 2 aliphatic rings. The number of urea groups is 1. The molecule has 2 aliphatic heterocycles. The normalized spacial score (nSPS) is 19.1. The van der Waals surface area contributed by atoms with Crippen LogP contribution in [0.5, 0.6) is 5.75 Å². The van der Waals surface area contributed by atoms with Crippen LogP contribution in [0, 0.1) is 18.6 Å². The number of fused-ring (bicyclic) bond motifs is 3. The van der Waals surface area contributed by atoms with Crippen molar-refractivity contribution in [1.29, 1.82) is 0 Å². The van der Waals surface area contributed by atoms with Crippen LogP contribution in [0.25, 0.3) is 11.0 Å². The monoisotopic (exact) mass is 429 g/mol. The largest absolute Gasteiger partial charge is 0.494 e. The smallest absolute Gasteiger partial charge is 0.329 e. The first-order valence-corrected chi connectivity index (χ1v) is 10.0. The third kappa shape index (κ3) is 3.01. The number of halogens is 2. The summed E-state index contributed by atoms with van der Waals surface area (Å²) in [5.74, 6) is -1.84. The Labute approximate surface area is 176 Å². The van der Waals surface area contributed by atoms with E-state index >= 15 is 8.78 Å². The minimum absolute atomic E-state index is 0.0349. The number of rotatable bonds is 3. The number of amides is 2.